The molecule has 2 heterocycles. The Hall–Kier alpha value is -5.07. The van der Waals surface area contributed by atoms with Crippen LogP contribution in [0.1, 0.15) is 5.56 Å². The van der Waals surface area contributed by atoms with Crippen molar-refractivity contribution in [3.63, 3.8) is 0 Å². The predicted octanol–water partition coefficient (Wildman–Crippen LogP) is 8.30. The van der Waals surface area contributed by atoms with E-state index in [1.165, 1.54) is 21.5 Å². The van der Waals surface area contributed by atoms with Crippen molar-refractivity contribution >= 4 is 43.4 Å². The van der Waals surface area contributed by atoms with E-state index in [0.29, 0.717) is 5.56 Å². The Morgan fingerprint density at radius 3 is 2.11 bits per heavy atom. The molecule has 0 unspecified atom stereocenters. The van der Waals surface area contributed by atoms with Crippen LogP contribution in [0.4, 0.5) is 0 Å². The Labute approximate surface area is 207 Å². The lowest BCUT2D eigenvalue weighted by atomic mass is 9.91. The van der Waals surface area contributed by atoms with Crippen LogP contribution in [0.15, 0.2) is 115 Å². The minimum absolute atomic E-state index is 0.609. The molecular formula is C33H19N3. The van der Waals surface area contributed by atoms with E-state index >= 15 is 0 Å². The molecule has 166 valence electrons. The van der Waals surface area contributed by atoms with Gasteiger partial charge in [0.25, 0.3) is 0 Å². The molecule has 3 nitrogen and oxygen atoms in total. The van der Waals surface area contributed by atoms with Gasteiger partial charge in [0.15, 0.2) is 0 Å². The molecular weight excluding hydrogens is 438 g/mol. The first-order valence-corrected chi connectivity index (χ1v) is 11.9. The second-order valence-electron chi connectivity index (χ2n) is 9.01. The number of pyridine rings is 2. The van der Waals surface area contributed by atoms with Gasteiger partial charge in [-0.2, -0.15) is 5.26 Å². The van der Waals surface area contributed by atoms with Crippen LogP contribution in [0.2, 0.25) is 0 Å². The Kier molecular flexibility index (Phi) is 4.52. The maximum absolute atomic E-state index is 9.90. The zero-order valence-electron chi connectivity index (χ0n) is 19.3. The minimum atomic E-state index is 0.609. The fourth-order valence-electron chi connectivity index (χ4n) is 5.17. The van der Waals surface area contributed by atoms with E-state index in [9.17, 15) is 5.26 Å². The van der Waals surface area contributed by atoms with Crippen LogP contribution in [0.25, 0.3) is 65.7 Å². The van der Waals surface area contributed by atoms with Crippen molar-refractivity contribution in [2.45, 2.75) is 0 Å². The molecule has 7 rings (SSSR count). The van der Waals surface area contributed by atoms with Gasteiger partial charge in [0.1, 0.15) is 0 Å². The molecule has 0 saturated carbocycles. The van der Waals surface area contributed by atoms with Gasteiger partial charge >= 0.3 is 0 Å². The summed E-state index contributed by atoms with van der Waals surface area (Å²) < 4.78 is 0. The maximum atomic E-state index is 9.90. The van der Waals surface area contributed by atoms with Gasteiger partial charge < -0.3 is 0 Å². The zero-order chi connectivity index (χ0) is 24.1. The van der Waals surface area contributed by atoms with Crippen molar-refractivity contribution in [2.24, 2.45) is 0 Å². The Morgan fingerprint density at radius 2 is 1.25 bits per heavy atom. The summed E-state index contributed by atoms with van der Waals surface area (Å²) in [6, 6.07) is 39.8. The number of hydrogen-bond acceptors (Lipinski definition) is 3. The topological polar surface area (TPSA) is 49.6 Å². The number of aromatic nitrogens is 2. The van der Waals surface area contributed by atoms with Crippen LogP contribution < -0.4 is 0 Å². The van der Waals surface area contributed by atoms with Gasteiger partial charge in [-0.3, -0.25) is 4.98 Å². The van der Waals surface area contributed by atoms with E-state index in [1.54, 1.807) is 6.20 Å². The fourth-order valence-corrected chi connectivity index (χ4v) is 5.17. The van der Waals surface area contributed by atoms with Gasteiger partial charge in [0.05, 0.1) is 28.4 Å². The number of hydrogen-bond donors (Lipinski definition) is 0. The summed E-state index contributed by atoms with van der Waals surface area (Å²) in [4.78, 5) is 9.62. The summed E-state index contributed by atoms with van der Waals surface area (Å²) in [6.45, 7) is 0. The Balaban J connectivity index is 1.49. The summed E-state index contributed by atoms with van der Waals surface area (Å²) in [5.41, 5.74) is 6.21. The highest BCUT2D eigenvalue weighted by molar-refractivity contribution is 6.14. The SMILES string of the molecule is N#Cc1cc(-c2ccc3ccc4cccnc4c3n2)cc(-c2cc3ccccc3c3ccccc23)c1. The van der Waals surface area contributed by atoms with Crippen LogP contribution in [0.3, 0.4) is 0 Å². The summed E-state index contributed by atoms with van der Waals surface area (Å²) in [5, 5.41) is 16.8. The molecule has 0 fully saturated rings. The molecule has 0 aliphatic rings. The zero-order valence-corrected chi connectivity index (χ0v) is 19.3. The molecule has 36 heavy (non-hydrogen) atoms. The monoisotopic (exact) mass is 457 g/mol. The molecule has 0 saturated heterocycles. The number of benzene rings is 5. The van der Waals surface area contributed by atoms with E-state index in [4.69, 9.17) is 4.98 Å². The standard InChI is InChI=1S/C33H19N3/c34-20-21-16-25(30-19-24-6-1-2-8-27(24)28-9-3-4-10-29(28)30)18-26(17-21)31-14-13-23-12-11-22-7-5-15-35-32(22)33(23)36-31/h1-19H. The van der Waals surface area contributed by atoms with Crippen molar-refractivity contribution in [1.82, 2.24) is 9.97 Å². The quantitative estimate of drug-likeness (QED) is 0.245. The van der Waals surface area contributed by atoms with Gasteiger partial charge in [-0.05, 0) is 69.1 Å². The Bertz CT molecular complexity index is 2010. The smallest absolute Gasteiger partial charge is 0.0992 e. The summed E-state index contributed by atoms with van der Waals surface area (Å²) in [6.07, 6.45) is 1.80. The van der Waals surface area contributed by atoms with Crippen LogP contribution >= 0.6 is 0 Å². The van der Waals surface area contributed by atoms with Crippen LogP contribution in [-0.4, -0.2) is 9.97 Å². The Morgan fingerprint density at radius 1 is 0.556 bits per heavy atom. The van der Waals surface area contributed by atoms with E-state index in [1.807, 2.05) is 24.3 Å². The molecule has 7 aromatic rings. The minimum Gasteiger partial charge on any atom is -0.254 e. The van der Waals surface area contributed by atoms with Gasteiger partial charge in [-0.25, -0.2) is 4.98 Å². The van der Waals surface area contributed by atoms with E-state index in [-0.39, 0.29) is 0 Å². The molecule has 0 spiro atoms. The molecule has 5 aromatic carbocycles. The lowest BCUT2D eigenvalue weighted by Gasteiger charge is -2.13. The summed E-state index contributed by atoms with van der Waals surface area (Å²) in [5.74, 6) is 0. The number of rotatable bonds is 2. The normalized spacial score (nSPS) is 11.3. The number of nitriles is 1. The molecule has 0 aliphatic heterocycles. The molecule has 0 atom stereocenters. The first-order valence-electron chi connectivity index (χ1n) is 11.9. The van der Waals surface area contributed by atoms with Crippen molar-refractivity contribution in [2.75, 3.05) is 0 Å². The predicted molar refractivity (Wildman–Crippen MR) is 148 cm³/mol. The highest BCUT2D eigenvalue weighted by atomic mass is 14.7. The second kappa shape index (κ2) is 8.01. The average molecular weight is 458 g/mol. The molecule has 0 N–H and O–H groups in total. The molecule has 0 aliphatic carbocycles. The lowest BCUT2D eigenvalue weighted by Crippen LogP contribution is -1.91. The average Bonchev–Trinajstić information content (AvgIpc) is 2.96. The molecule has 0 radical (unpaired) electrons. The van der Waals surface area contributed by atoms with Crippen LogP contribution in [-0.2, 0) is 0 Å². The second-order valence-corrected chi connectivity index (χ2v) is 9.01. The van der Waals surface area contributed by atoms with E-state index in [0.717, 1.165) is 44.2 Å². The third-order valence-corrected chi connectivity index (χ3v) is 6.87. The van der Waals surface area contributed by atoms with E-state index in [2.05, 4.69) is 96.0 Å². The van der Waals surface area contributed by atoms with Crippen molar-refractivity contribution in [3.05, 3.63) is 121 Å². The third-order valence-electron chi connectivity index (χ3n) is 6.87. The van der Waals surface area contributed by atoms with Crippen molar-refractivity contribution in [3.8, 4) is 28.5 Å². The molecule has 0 amide bonds. The lowest BCUT2D eigenvalue weighted by molar-refractivity contribution is 1.37. The number of nitrogens with zero attached hydrogens (tertiary/aromatic N) is 3. The van der Waals surface area contributed by atoms with Gasteiger partial charge in [0.2, 0.25) is 0 Å². The number of fused-ring (bicyclic) bond motifs is 6. The highest BCUT2D eigenvalue weighted by Gasteiger charge is 2.13. The van der Waals surface area contributed by atoms with Gasteiger partial charge in [-0.1, -0.05) is 72.8 Å². The third kappa shape index (κ3) is 3.20. The van der Waals surface area contributed by atoms with Crippen LogP contribution in [0.5, 0.6) is 0 Å². The van der Waals surface area contributed by atoms with E-state index < -0.39 is 0 Å². The summed E-state index contributed by atoms with van der Waals surface area (Å²) >= 11 is 0. The van der Waals surface area contributed by atoms with Crippen LogP contribution in [0, 0.1) is 11.3 Å². The first-order chi connectivity index (χ1) is 17.8. The highest BCUT2D eigenvalue weighted by Crippen LogP contribution is 2.37. The molecule has 3 heteroatoms. The first kappa shape index (κ1) is 20.3. The van der Waals surface area contributed by atoms with Crippen molar-refractivity contribution < 1.29 is 0 Å². The molecule has 2 aromatic heterocycles. The van der Waals surface area contributed by atoms with Gasteiger partial charge in [0, 0.05) is 22.5 Å². The van der Waals surface area contributed by atoms with Gasteiger partial charge in [-0.15, -0.1) is 0 Å². The van der Waals surface area contributed by atoms with Crippen molar-refractivity contribution in [1.29, 1.82) is 5.26 Å². The fraction of sp³-hybridized carbons (Fsp3) is 0. The maximum Gasteiger partial charge on any atom is 0.0992 e. The summed E-state index contributed by atoms with van der Waals surface area (Å²) in [7, 11) is 0. The molecule has 0 bridgehead atoms. The largest absolute Gasteiger partial charge is 0.254 e.